The van der Waals surface area contributed by atoms with Crippen LogP contribution in [0.4, 0.5) is 0 Å². The van der Waals surface area contributed by atoms with Crippen molar-refractivity contribution >= 4 is 11.9 Å². The maximum atomic E-state index is 12.1. The summed E-state index contributed by atoms with van der Waals surface area (Å²) in [5.74, 6) is -0.169. The Kier molecular flexibility index (Phi) is 5.40. The Morgan fingerprint density at radius 1 is 1.12 bits per heavy atom. The zero-order valence-electron chi connectivity index (χ0n) is 19.5. The molecule has 180 valence electrons. The molecule has 3 heterocycles. The van der Waals surface area contributed by atoms with Gasteiger partial charge in [-0.3, -0.25) is 9.59 Å². The number of carbonyl (C=O) groups is 2. The molecule has 0 unspecified atom stereocenters. The Balaban J connectivity index is 1.55. The van der Waals surface area contributed by atoms with Crippen molar-refractivity contribution in [1.82, 2.24) is 0 Å². The van der Waals surface area contributed by atoms with Crippen molar-refractivity contribution in [3.05, 3.63) is 0 Å². The number of hydrogen-bond acceptors (Lipinski definition) is 8. The standard InChI is InChI=1S/C24H36O8/c1-13-8-19(30-15(3)26)24(12-28-14(2)25)17(6-5-7-23(24)11-29-23)22(13,4)18-9-16-10-20(27)32-21(16)31-18/h13,16-21,27H,5-12H2,1-4H3/t13-,16+,17+,18+,19+,20+,21-,22+,23+,24+/m0/s1. The summed E-state index contributed by atoms with van der Waals surface area (Å²) < 4.78 is 29.9. The molecule has 0 aromatic carbocycles. The molecule has 0 aromatic heterocycles. The molecule has 5 rings (SSSR count). The van der Waals surface area contributed by atoms with Crippen LogP contribution in [0, 0.1) is 28.6 Å². The van der Waals surface area contributed by atoms with Crippen molar-refractivity contribution in [2.75, 3.05) is 13.2 Å². The second-order valence-electron chi connectivity index (χ2n) is 11.0. The highest BCUT2D eigenvalue weighted by Crippen LogP contribution is 2.70. The van der Waals surface area contributed by atoms with Gasteiger partial charge in [-0.05, 0) is 37.5 Å². The molecule has 5 fully saturated rings. The summed E-state index contributed by atoms with van der Waals surface area (Å²) in [6.45, 7) is 8.15. The number of fused-ring (bicyclic) bond motifs is 3. The van der Waals surface area contributed by atoms with Crippen LogP contribution in [-0.4, -0.2) is 60.6 Å². The van der Waals surface area contributed by atoms with Crippen LogP contribution in [0.1, 0.15) is 66.2 Å². The topological polar surface area (TPSA) is 104 Å². The lowest BCUT2D eigenvalue weighted by atomic mass is 9.42. The van der Waals surface area contributed by atoms with Gasteiger partial charge in [-0.15, -0.1) is 0 Å². The van der Waals surface area contributed by atoms with E-state index in [0.29, 0.717) is 19.4 Å². The van der Waals surface area contributed by atoms with Crippen LogP contribution in [0.3, 0.4) is 0 Å². The van der Waals surface area contributed by atoms with Gasteiger partial charge in [0.2, 0.25) is 0 Å². The van der Waals surface area contributed by atoms with Crippen molar-refractivity contribution in [2.24, 2.45) is 28.6 Å². The zero-order chi connectivity index (χ0) is 22.9. The monoisotopic (exact) mass is 452 g/mol. The third-order valence-electron chi connectivity index (χ3n) is 9.50. The smallest absolute Gasteiger partial charge is 0.302 e. The second-order valence-corrected chi connectivity index (χ2v) is 11.0. The molecule has 1 spiro atoms. The normalized spacial score (nSPS) is 51.7. The molecule has 10 atom stereocenters. The van der Waals surface area contributed by atoms with Crippen LogP contribution in [0.2, 0.25) is 0 Å². The van der Waals surface area contributed by atoms with Crippen LogP contribution in [0.5, 0.6) is 0 Å². The summed E-state index contributed by atoms with van der Waals surface area (Å²) in [5, 5.41) is 9.88. The van der Waals surface area contributed by atoms with Crippen LogP contribution < -0.4 is 0 Å². The number of aliphatic hydroxyl groups excluding tert-OH is 1. The first kappa shape index (κ1) is 22.6. The summed E-state index contributed by atoms with van der Waals surface area (Å²) in [6.07, 6.45) is 3.35. The van der Waals surface area contributed by atoms with E-state index in [9.17, 15) is 14.7 Å². The van der Waals surface area contributed by atoms with Crippen molar-refractivity contribution < 1.29 is 38.4 Å². The number of esters is 2. The minimum Gasteiger partial charge on any atom is -0.465 e. The molecule has 0 bridgehead atoms. The highest BCUT2D eigenvalue weighted by atomic mass is 16.7. The minimum absolute atomic E-state index is 0.0473. The maximum absolute atomic E-state index is 12.1. The summed E-state index contributed by atoms with van der Waals surface area (Å²) in [7, 11) is 0. The van der Waals surface area contributed by atoms with E-state index in [1.165, 1.54) is 13.8 Å². The predicted octanol–water partition coefficient (Wildman–Crippen LogP) is 2.55. The second kappa shape index (κ2) is 7.65. The van der Waals surface area contributed by atoms with Crippen LogP contribution >= 0.6 is 0 Å². The molecule has 5 aliphatic rings. The Bertz CT molecular complexity index is 766. The van der Waals surface area contributed by atoms with Gasteiger partial charge < -0.3 is 28.8 Å². The highest BCUT2D eigenvalue weighted by Gasteiger charge is 2.76. The first-order valence-electron chi connectivity index (χ1n) is 12.1. The van der Waals surface area contributed by atoms with E-state index in [2.05, 4.69) is 13.8 Å². The molecule has 8 nitrogen and oxygen atoms in total. The van der Waals surface area contributed by atoms with Crippen molar-refractivity contribution in [3.63, 3.8) is 0 Å². The third-order valence-corrected chi connectivity index (χ3v) is 9.50. The Morgan fingerprint density at radius 2 is 1.88 bits per heavy atom. The average Bonchev–Trinajstić information content (AvgIpc) is 3.24. The molecule has 2 saturated carbocycles. The molecule has 0 aromatic rings. The molecule has 0 amide bonds. The lowest BCUT2D eigenvalue weighted by molar-refractivity contribution is -0.263. The van der Waals surface area contributed by atoms with Gasteiger partial charge in [-0.1, -0.05) is 20.3 Å². The van der Waals surface area contributed by atoms with Gasteiger partial charge in [0.25, 0.3) is 0 Å². The number of epoxide rings is 1. The Morgan fingerprint density at radius 3 is 2.50 bits per heavy atom. The fourth-order valence-electron chi connectivity index (χ4n) is 7.79. The first-order chi connectivity index (χ1) is 15.1. The zero-order valence-corrected chi connectivity index (χ0v) is 19.5. The van der Waals surface area contributed by atoms with Gasteiger partial charge in [0.15, 0.2) is 12.6 Å². The summed E-state index contributed by atoms with van der Waals surface area (Å²) in [6, 6.07) is 0. The first-order valence-corrected chi connectivity index (χ1v) is 12.1. The minimum atomic E-state index is -0.753. The number of rotatable bonds is 4. The Labute approximate surface area is 189 Å². The lowest BCUT2D eigenvalue weighted by Crippen LogP contribution is -2.69. The number of hydrogen-bond donors (Lipinski definition) is 1. The van der Waals surface area contributed by atoms with Crippen LogP contribution in [0.15, 0.2) is 0 Å². The van der Waals surface area contributed by atoms with E-state index in [0.717, 1.165) is 25.7 Å². The third kappa shape index (κ3) is 3.16. The van der Waals surface area contributed by atoms with E-state index in [1.807, 2.05) is 0 Å². The van der Waals surface area contributed by atoms with Gasteiger partial charge in [-0.25, -0.2) is 0 Å². The van der Waals surface area contributed by atoms with E-state index in [1.54, 1.807) is 0 Å². The SMILES string of the molecule is CC(=O)OC[C@]12[C@H](CCC[C@@]13CO3)[C@](C)([C@H]1C[C@@H]3C[C@H](O)O[C@@H]3O1)[C@@H](C)C[C@H]2OC(C)=O. The van der Waals surface area contributed by atoms with Crippen molar-refractivity contribution in [2.45, 2.75) is 96.6 Å². The summed E-state index contributed by atoms with van der Waals surface area (Å²) in [5.41, 5.74) is -1.28. The fourth-order valence-corrected chi connectivity index (χ4v) is 7.79. The maximum Gasteiger partial charge on any atom is 0.302 e. The summed E-state index contributed by atoms with van der Waals surface area (Å²) >= 11 is 0. The van der Waals surface area contributed by atoms with Gasteiger partial charge in [-0.2, -0.15) is 0 Å². The quantitative estimate of drug-likeness (QED) is 0.513. The number of aliphatic hydroxyl groups is 1. The van der Waals surface area contributed by atoms with Crippen LogP contribution in [-0.2, 0) is 33.3 Å². The molecule has 0 radical (unpaired) electrons. The fraction of sp³-hybridized carbons (Fsp3) is 0.917. The lowest BCUT2D eigenvalue weighted by Gasteiger charge is -2.64. The highest BCUT2D eigenvalue weighted by molar-refractivity contribution is 5.67. The largest absolute Gasteiger partial charge is 0.465 e. The van der Waals surface area contributed by atoms with Gasteiger partial charge in [0, 0.05) is 31.6 Å². The number of ether oxygens (including phenoxy) is 5. The van der Waals surface area contributed by atoms with Crippen molar-refractivity contribution in [1.29, 1.82) is 0 Å². The molecule has 8 heteroatoms. The van der Waals surface area contributed by atoms with E-state index in [4.69, 9.17) is 23.7 Å². The molecular weight excluding hydrogens is 416 g/mol. The predicted molar refractivity (Wildman–Crippen MR) is 111 cm³/mol. The van der Waals surface area contributed by atoms with Crippen LogP contribution in [0.25, 0.3) is 0 Å². The molecule has 3 saturated heterocycles. The van der Waals surface area contributed by atoms with E-state index in [-0.39, 0.29) is 60.2 Å². The molecule has 2 aliphatic carbocycles. The van der Waals surface area contributed by atoms with Gasteiger partial charge in [0.05, 0.1) is 18.1 Å². The molecule has 1 N–H and O–H groups in total. The number of carbonyl (C=O) groups excluding carboxylic acids is 2. The van der Waals surface area contributed by atoms with Gasteiger partial charge >= 0.3 is 11.9 Å². The van der Waals surface area contributed by atoms with E-state index < -0.39 is 17.3 Å². The van der Waals surface area contributed by atoms with Gasteiger partial charge in [0.1, 0.15) is 18.3 Å². The molecule has 32 heavy (non-hydrogen) atoms. The Hall–Kier alpha value is -1.22. The molecular formula is C24H36O8. The van der Waals surface area contributed by atoms with Crippen molar-refractivity contribution in [3.8, 4) is 0 Å². The average molecular weight is 453 g/mol. The van der Waals surface area contributed by atoms with E-state index >= 15 is 0 Å². The molecule has 3 aliphatic heterocycles. The summed E-state index contributed by atoms with van der Waals surface area (Å²) in [4.78, 5) is 24.1.